The topological polar surface area (TPSA) is 247 Å². The number of H-pyrrole nitrogens is 1. The van der Waals surface area contributed by atoms with Crippen molar-refractivity contribution in [2.45, 2.75) is 63.7 Å². The maximum atomic E-state index is 13.1. The molecule has 0 aliphatic heterocycles. The van der Waals surface area contributed by atoms with Crippen LogP contribution in [0.2, 0.25) is 0 Å². The number of carboxylic acids is 2. The van der Waals surface area contributed by atoms with E-state index in [1.165, 1.54) is 0 Å². The van der Waals surface area contributed by atoms with Gasteiger partial charge in [-0.25, -0.2) is 4.79 Å². The summed E-state index contributed by atoms with van der Waals surface area (Å²) in [6.07, 6.45) is 0.409. The highest BCUT2D eigenvalue weighted by atomic mass is 16.4. The van der Waals surface area contributed by atoms with E-state index in [0.29, 0.717) is 5.56 Å². The average Bonchev–Trinajstić information content (AvgIpc) is 3.26. The fourth-order valence-electron chi connectivity index (χ4n) is 3.89. The minimum atomic E-state index is -1.46. The van der Waals surface area contributed by atoms with Crippen LogP contribution in [-0.2, 0) is 35.2 Å². The van der Waals surface area contributed by atoms with Crippen molar-refractivity contribution in [3.63, 3.8) is 0 Å². The molecule has 0 aliphatic carbocycles. The van der Waals surface area contributed by atoms with E-state index in [-0.39, 0.29) is 19.3 Å². The van der Waals surface area contributed by atoms with Gasteiger partial charge in [-0.1, -0.05) is 32.0 Å². The van der Waals surface area contributed by atoms with Crippen molar-refractivity contribution in [2.75, 3.05) is 0 Å². The van der Waals surface area contributed by atoms with Crippen LogP contribution in [0.15, 0.2) is 30.5 Å². The normalized spacial score (nSPS) is 14.2. The summed E-state index contributed by atoms with van der Waals surface area (Å²) in [6, 6.07) is 1.95. The molecule has 0 fully saturated rings. The monoisotopic (exact) mass is 546 g/mol. The lowest BCUT2D eigenvalue weighted by Gasteiger charge is -2.27. The smallest absolute Gasteiger partial charge is 0.326 e. The third-order valence-electron chi connectivity index (χ3n) is 6.00. The zero-order chi connectivity index (χ0) is 29.3. The van der Waals surface area contributed by atoms with Gasteiger partial charge in [-0.3, -0.25) is 24.0 Å². The summed E-state index contributed by atoms with van der Waals surface area (Å²) < 4.78 is 0. The number of carboxylic acid groups (broad SMARTS) is 2. The summed E-state index contributed by atoms with van der Waals surface area (Å²) in [5, 5.41) is 26.7. The molecular formula is C25H34N6O8. The minimum absolute atomic E-state index is 0.0252. The standard InChI is InChI=1S/C25H34N6O8/c1-12(2)21(31-23(36)17(7-8-19(27)32)29-22(35)15(26)10-20(33)34)24(37)30-18(25(38)39)9-13-11-28-16-6-4-3-5-14(13)16/h3-6,11-12,15,17-18,21,28H,7-10,26H2,1-2H3,(H2,27,32)(H,29,35)(H,30,37)(H,31,36)(H,33,34)(H,38,39). The number of primary amides is 1. The zero-order valence-electron chi connectivity index (χ0n) is 21.6. The summed E-state index contributed by atoms with van der Waals surface area (Å²) in [6.45, 7) is 3.25. The lowest BCUT2D eigenvalue weighted by atomic mass is 10.00. The number of aromatic nitrogens is 1. The largest absolute Gasteiger partial charge is 0.481 e. The first kappa shape index (κ1) is 30.8. The van der Waals surface area contributed by atoms with Crippen LogP contribution in [0.3, 0.4) is 0 Å². The SMILES string of the molecule is CC(C)C(NC(=O)C(CCC(N)=O)NC(=O)C(N)CC(=O)O)C(=O)NC(Cc1c[nH]c2ccccc12)C(=O)O. The number of nitrogens with one attached hydrogen (secondary N) is 4. The number of hydrogen-bond acceptors (Lipinski definition) is 7. The number of amides is 4. The van der Waals surface area contributed by atoms with Crippen LogP contribution < -0.4 is 27.4 Å². The Morgan fingerprint density at radius 1 is 0.923 bits per heavy atom. The Bertz CT molecular complexity index is 1230. The number of nitrogens with two attached hydrogens (primary N) is 2. The summed E-state index contributed by atoms with van der Waals surface area (Å²) in [5.74, 6) is -6.43. The van der Waals surface area contributed by atoms with E-state index in [9.17, 15) is 33.9 Å². The second-order valence-corrected chi connectivity index (χ2v) is 9.46. The van der Waals surface area contributed by atoms with Gasteiger partial charge in [0.2, 0.25) is 23.6 Å². The van der Waals surface area contributed by atoms with Gasteiger partial charge in [0.15, 0.2) is 0 Å². The van der Waals surface area contributed by atoms with Crippen LogP contribution in [0, 0.1) is 5.92 Å². The molecule has 10 N–H and O–H groups in total. The minimum Gasteiger partial charge on any atom is -0.481 e. The molecule has 14 nitrogen and oxygen atoms in total. The summed E-state index contributed by atoms with van der Waals surface area (Å²) >= 11 is 0. The van der Waals surface area contributed by atoms with Crippen LogP contribution in [0.4, 0.5) is 0 Å². The number of hydrogen-bond donors (Lipinski definition) is 8. The van der Waals surface area contributed by atoms with Crippen molar-refractivity contribution in [3.05, 3.63) is 36.0 Å². The van der Waals surface area contributed by atoms with Gasteiger partial charge in [-0.2, -0.15) is 0 Å². The Morgan fingerprint density at radius 2 is 1.56 bits per heavy atom. The Balaban J connectivity index is 2.16. The van der Waals surface area contributed by atoms with Crippen molar-refractivity contribution in [2.24, 2.45) is 17.4 Å². The Labute approximate surface area is 223 Å². The molecule has 0 aliphatic rings. The van der Waals surface area contributed by atoms with E-state index in [2.05, 4.69) is 20.9 Å². The molecule has 2 aromatic rings. The molecule has 0 radical (unpaired) electrons. The van der Waals surface area contributed by atoms with Gasteiger partial charge in [0.05, 0.1) is 12.5 Å². The molecule has 0 bridgehead atoms. The van der Waals surface area contributed by atoms with E-state index >= 15 is 0 Å². The average molecular weight is 547 g/mol. The van der Waals surface area contributed by atoms with E-state index in [1.54, 1.807) is 26.1 Å². The van der Waals surface area contributed by atoms with Crippen molar-refractivity contribution in [1.82, 2.24) is 20.9 Å². The van der Waals surface area contributed by atoms with Gasteiger partial charge in [0.1, 0.15) is 18.1 Å². The van der Waals surface area contributed by atoms with E-state index < -0.39 is 72.1 Å². The highest BCUT2D eigenvalue weighted by Crippen LogP contribution is 2.19. The van der Waals surface area contributed by atoms with Crippen molar-refractivity contribution in [3.8, 4) is 0 Å². The van der Waals surface area contributed by atoms with Crippen molar-refractivity contribution < 1.29 is 39.0 Å². The molecule has 0 spiro atoms. The third-order valence-corrected chi connectivity index (χ3v) is 6.00. The maximum absolute atomic E-state index is 13.1. The number of fused-ring (bicyclic) bond motifs is 1. The number of aliphatic carboxylic acids is 2. The maximum Gasteiger partial charge on any atom is 0.326 e. The first-order valence-electron chi connectivity index (χ1n) is 12.2. The molecule has 1 aromatic heterocycles. The fraction of sp³-hybridized carbons (Fsp3) is 0.440. The molecule has 4 atom stereocenters. The molecule has 1 heterocycles. The molecule has 4 unspecified atom stereocenters. The Kier molecular flexibility index (Phi) is 11.0. The second kappa shape index (κ2) is 13.9. The zero-order valence-corrected chi connectivity index (χ0v) is 21.6. The first-order chi connectivity index (χ1) is 18.3. The van der Waals surface area contributed by atoms with E-state index in [0.717, 1.165) is 10.9 Å². The highest BCUT2D eigenvalue weighted by molar-refractivity contribution is 5.95. The number of carbonyl (C=O) groups excluding carboxylic acids is 4. The summed E-state index contributed by atoms with van der Waals surface area (Å²) in [5.41, 5.74) is 12.2. The second-order valence-electron chi connectivity index (χ2n) is 9.46. The van der Waals surface area contributed by atoms with Gasteiger partial charge in [0.25, 0.3) is 0 Å². The number of aromatic amines is 1. The molecule has 0 saturated heterocycles. The Morgan fingerprint density at radius 3 is 2.15 bits per heavy atom. The van der Waals surface area contributed by atoms with Gasteiger partial charge in [-0.15, -0.1) is 0 Å². The Hall–Kier alpha value is -4.46. The number of para-hydroxylation sites is 1. The van der Waals surface area contributed by atoms with Crippen LogP contribution in [0.25, 0.3) is 10.9 Å². The molecule has 0 saturated carbocycles. The molecule has 14 heteroatoms. The summed E-state index contributed by atoms with van der Waals surface area (Å²) in [4.78, 5) is 75.6. The number of carbonyl (C=O) groups is 6. The lowest BCUT2D eigenvalue weighted by molar-refractivity contribution is -0.142. The first-order valence-corrected chi connectivity index (χ1v) is 12.2. The summed E-state index contributed by atoms with van der Waals surface area (Å²) in [7, 11) is 0. The lowest BCUT2D eigenvalue weighted by Crippen LogP contribution is -2.58. The van der Waals surface area contributed by atoms with Gasteiger partial charge < -0.3 is 42.6 Å². The van der Waals surface area contributed by atoms with Crippen molar-refractivity contribution in [1.29, 1.82) is 0 Å². The van der Waals surface area contributed by atoms with Gasteiger partial charge in [-0.05, 0) is 24.0 Å². The molecule has 1 aromatic carbocycles. The van der Waals surface area contributed by atoms with Crippen LogP contribution in [-0.4, -0.2) is 74.9 Å². The third kappa shape index (κ3) is 9.10. The molecular weight excluding hydrogens is 512 g/mol. The van der Waals surface area contributed by atoms with E-state index in [1.807, 2.05) is 18.2 Å². The van der Waals surface area contributed by atoms with Crippen molar-refractivity contribution >= 4 is 46.5 Å². The number of rotatable bonds is 15. The fourth-order valence-corrected chi connectivity index (χ4v) is 3.89. The van der Waals surface area contributed by atoms with E-state index in [4.69, 9.17) is 16.6 Å². The van der Waals surface area contributed by atoms with Crippen LogP contribution >= 0.6 is 0 Å². The van der Waals surface area contributed by atoms with Gasteiger partial charge >= 0.3 is 11.9 Å². The van der Waals surface area contributed by atoms with Crippen LogP contribution in [0.5, 0.6) is 0 Å². The molecule has 4 amide bonds. The predicted octanol–water partition coefficient (Wildman–Crippen LogP) is -1.03. The predicted molar refractivity (Wildman–Crippen MR) is 139 cm³/mol. The molecule has 2 rings (SSSR count). The molecule has 39 heavy (non-hydrogen) atoms. The molecule has 212 valence electrons. The van der Waals surface area contributed by atoms with Crippen LogP contribution in [0.1, 0.15) is 38.7 Å². The quantitative estimate of drug-likeness (QED) is 0.136. The van der Waals surface area contributed by atoms with Gasteiger partial charge in [0, 0.05) is 29.9 Å². The number of benzene rings is 1. The highest BCUT2D eigenvalue weighted by Gasteiger charge is 2.32.